The molecule has 6 nitrogen and oxygen atoms in total. The summed E-state index contributed by atoms with van der Waals surface area (Å²) in [7, 11) is 0. The SMILES string of the molecule is O=C(CSc1ccc([N+](=O)[O-])cc1)Nc1cccc(-n2cccc2)c1. The number of anilines is 1. The summed E-state index contributed by atoms with van der Waals surface area (Å²) in [5.41, 5.74) is 1.72. The van der Waals surface area contributed by atoms with Crippen LogP contribution in [-0.4, -0.2) is 21.2 Å². The molecule has 1 N–H and O–H groups in total. The van der Waals surface area contributed by atoms with E-state index in [0.29, 0.717) is 0 Å². The van der Waals surface area contributed by atoms with Gasteiger partial charge in [-0.3, -0.25) is 14.9 Å². The Morgan fingerprint density at radius 1 is 1.08 bits per heavy atom. The number of hydrogen-bond acceptors (Lipinski definition) is 4. The zero-order valence-corrected chi connectivity index (χ0v) is 14.0. The minimum Gasteiger partial charge on any atom is -0.325 e. The highest BCUT2D eigenvalue weighted by Crippen LogP contribution is 2.22. The monoisotopic (exact) mass is 353 g/mol. The van der Waals surface area contributed by atoms with Gasteiger partial charge in [-0.15, -0.1) is 11.8 Å². The fraction of sp³-hybridized carbons (Fsp3) is 0.0556. The number of thioether (sulfide) groups is 1. The second kappa shape index (κ2) is 7.67. The van der Waals surface area contributed by atoms with Crippen molar-refractivity contribution in [2.45, 2.75) is 4.90 Å². The average Bonchev–Trinajstić information content (AvgIpc) is 3.15. The first-order valence-corrected chi connectivity index (χ1v) is 8.51. The van der Waals surface area contributed by atoms with Gasteiger partial charge in [-0.05, 0) is 42.5 Å². The van der Waals surface area contributed by atoms with Crippen LogP contribution < -0.4 is 5.32 Å². The van der Waals surface area contributed by atoms with Gasteiger partial charge in [-0.25, -0.2) is 0 Å². The Bertz CT molecular complexity index is 877. The molecule has 2 aromatic carbocycles. The number of nitrogens with zero attached hydrogens (tertiary/aromatic N) is 2. The van der Waals surface area contributed by atoms with Gasteiger partial charge in [0, 0.05) is 40.8 Å². The molecule has 1 aromatic heterocycles. The average molecular weight is 353 g/mol. The molecule has 0 aliphatic carbocycles. The molecule has 0 saturated heterocycles. The summed E-state index contributed by atoms with van der Waals surface area (Å²) in [6, 6.07) is 17.6. The number of hydrogen-bond donors (Lipinski definition) is 1. The molecule has 0 aliphatic heterocycles. The van der Waals surface area contributed by atoms with Crippen LogP contribution in [-0.2, 0) is 4.79 Å². The first kappa shape index (κ1) is 16.8. The maximum absolute atomic E-state index is 12.1. The van der Waals surface area contributed by atoms with Crippen molar-refractivity contribution in [1.29, 1.82) is 0 Å². The third kappa shape index (κ3) is 4.48. The van der Waals surface area contributed by atoms with Gasteiger partial charge < -0.3 is 9.88 Å². The number of carbonyl (C=O) groups excluding carboxylic acids is 1. The molecule has 0 saturated carbocycles. The minimum absolute atomic E-state index is 0.0376. The van der Waals surface area contributed by atoms with Crippen LogP contribution in [0.5, 0.6) is 0 Å². The lowest BCUT2D eigenvalue weighted by Crippen LogP contribution is -2.14. The molecule has 25 heavy (non-hydrogen) atoms. The van der Waals surface area contributed by atoms with Crippen molar-refractivity contribution in [3.63, 3.8) is 0 Å². The van der Waals surface area contributed by atoms with Crippen LogP contribution in [0.1, 0.15) is 0 Å². The van der Waals surface area contributed by atoms with Crippen molar-refractivity contribution in [1.82, 2.24) is 4.57 Å². The molecule has 0 bridgehead atoms. The summed E-state index contributed by atoms with van der Waals surface area (Å²) in [6.07, 6.45) is 3.87. The third-order valence-electron chi connectivity index (χ3n) is 3.45. The van der Waals surface area contributed by atoms with Crippen molar-refractivity contribution in [3.8, 4) is 5.69 Å². The molecule has 0 radical (unpaired) electrons. The molecule has 126 valence electrons. The van der Waals surface area contributed by atoms with Crippen LogP contribution in [0.4, 0.5) is 11.4 Å². The lowest BCUT2D eigenvalue weighted by molar-refractivity contribution is -0.384. The number of aromatic nitrogens is 1. The molecule has 3 rings (SSSR count). The molecule has 0 unspecified atom stereocenters. The van der Waals surface area contributed by atoms with E-state index in [1.54, 1.807) is 12.1 Å². The van der Waals surface area contributed by atoms with Gasteiger partial charge in [0.05, 0.1) is 10.7 Å². The number of rotatable bonds is 6. The number of benzene rings is 2. The minimum atomic E-state index is -0.446. The topological polar surface area (TPSA) is 77.2 Å². The second-order valence-electron chi connectivity index (χ2n) is 5.23. The zero-order valence-electron chi connectivity index (χ0n) is 13.2. The lowest BCUT2D eigenvalue weighted by Gasteiger charge is -2.08. The first-order chi connectivity index (χ1) is 12.1. The highest BCUT2D eigenvalue weighted by Gasteiger charge is 2.07. The normalized spacial score (nSPS) is 10.4. The van der Waals surface area contributed by atoms with E-state index in [9.17, 15) is 14.9 Å². The van der Waals surface area contributed by atoms with E-state index in [2.05, 4.69) is 5.32 Å². The summed E-state index contributed by atoms with van der Waals surface area (Å²) in [5.74, 6) is 0.0963. The smallest absolute Gasteiger partial charge is 0.269 e. The molecule has 1 amide bonds. The maximum Gasteiger partial charge on any atom is 0.269 e. The third-order valence-corrected chi connectivity index (χ3v) is 4.46. The quantitative estimate of drug-likeness (QED) is 0.411. The summed E-state index contributed by atoms with van der Waals surface area (Å²) >= 11 is 1.33. The van der Waals surface area contributed by atoms with E-state index in [1.165, 1.54) is 23.9 Å². The number of nitrogens with one attached hydrogen (secondary N) is 1. The van der Waals surface area contributed by atoms with Gasteiger partial charge in [0.25, 0.3) is 5.69 Å². The standard InChI is InChI=1S/C18H15N3O3S/c22-18(13-25-17-8-6-15(7-9-17)21(23)24)19-14-4-3-5-16(12-14)20-10-1-2-11-20/h1-12H,13H2,(H,19,22). The summed E-state index contributed by atoms with van der Waals surface area (Å²) in [4.78, 5) is 23.1. The molecule has 0 fully saturated rings. The van der Waals surface area contributed by atoms with Crippen molar-refractivity contribution < 1.29 is 9.72 Å². The van der Waals surface area contributed by atoms with Gasteiger partial charge in [0.15, 0.2) is 0 Å². The van der Waals surface area contributed by atoms with Crippen LogP contribution >= 0.6 is 11.8 Å². The maximum atomic E-state index is 12.1. The van der Waals surface area contributed by atoms with Crippen molar-refractivity contribution in [3.05, 3.63) is 83.2 Å². The lowest BCUT2D eigenvalue weighted by atomic mass is 10.2. The fourth-order valence-electron chi connectivity index (χ4n) is 2.26. The van der Waals surface area contributed by atoms with Crippen LogP contribution in [0.2, 0.25) is 0 Å². The molecule has 3 aromatic rings. The Kier molecular flexibility index (Phi) is 5.15. The Balaban J connectivity index is 1.57. The van der Waals surface area contributed by atoms with E-state index in [1.807, 2.05) is 53.4 Å². The Labute approximate surface area is 148 Å². The van der Waals surface area contributed by atoms with E-state index in [-0.39, 0.29) is 17.3 Å². The van der Waals surface area contributed by atoms with E-state index < -0.39 is 4.92 Å². The van der Waals surface area contributed by atoms with E-state index >= 15 is 0 Å². The van der Waals surface area contributed by atoms with Crippen LogP contribution in [0.3, 0.4) is 0 Å². The first-order valence-electron chi connectivity index (χ1n) is 7.52. The number of amides is 1. The Morgan fingerprint density at radius 3 is 2.48 bits per heavy atom. The van der Waals surface area contributed by atoms with Crippen molar-refractivity contribution >= 4 is 29.0 Å². The van der Waals surface area contributed by atoms with Crippen LogP contribution in [0.15, 0.2) is 78.0 Å². The summed E-state index contributed by atoms with van der Waals surface area (Å²) in [6.45, 7) is 0. The number of carbonyl (C=O) groups is 1. The van der Waals surface area contributed by atoms with E-state index in [0.717, 1.165) is 16.3 Å². The predicted molar refractivity (Wildman–Crippen MR) is 98.2 cm³/mol. The van der Waals surface area contributed by atoms with Gasteiger partial charge >= 0.3 is 0 Å². The van der Waals surface area contributed by atoms with Crippen LogP contribution in [0.25, 0.3) is 5.69 Å². The van der Waals surface area contributed by atoms with Crippen molar-refractivity contribution in [2.24, 2.45) is 0 Å². The summed E-state index contributed by atoms with van der Waals surface area (Å²) in [5, 5.41) is 13.5. The fourth-order valence-corrected chi connectivity index (χ4v) is 2.96. The van der Waals surface area contributed by atoms with Gasteiger partial charge in [0.1, 0.15) is 0 Å². The number of nitro benzene ring substituents is 1. The molecule has 7 heteroatoms. The number of non-ortho nitro benzene ring substituents is 1. The van der Waals surface area contributed by atoms with Gasteiger partial charge in [-0.2, -0.15) is 0 Å². The predicted octanol–water partition coefficient (Wildman–Crippen LogP) is 4.12. The largest absolute Gasteiger partial charge is 0.325 e. The highest BCUT2D eigenvalue weighted by molar-refractivity contribution is 8.00. The van der Waals surface area contributed by atoms with E-state index in [4.69, 9.17) is 0 Å². The summed E-state index contributed by atoms with van der Waals surface area (Å²) < 4.78 is 1.96. The molecule has 0 atom stereocenters. The van der Waals surface area contributed by atoms with Gasteiger partial charge in [-0.1, -0.05) is 6.07 Å². The second-order valence-corrected chi connectivity index (χ2v) is 6.28. The van der Waals surface area contributed by atoms with Crippen molar-refractivity contribution in [2.75, 3.05) is 11.1 Å². The molecular formula is C18H15N3O3S. The zero-order chi connectivity index (χ0) is 17.6. The van der Waals surface area contributed by atoms with Gasteiger partial charge in [0.2, 0.25) is 5.91 Å². The molecular weight excluding hydrogens is 338 g/mol. The highest BCUT2D eigenvalue weighted by atomic mass is 32.2. The Hall–Kier alpha value is -3.06. The molecule has 0 spiro atoms. The number of nitro groups is 1. The molecule has 0 aliphatic rings. The van der Waals surface area contributed by atoms with Crippen LogP contribution in [0, 0.1) is 10.1 Å². The Morgan fingerprint density at radius 2 is 1.80 bits per heavy atom. The molecule has 1 heterocycles.